The van der Waals surface area contributed by atoms with Crippen LogP contribution in [0.5, 0.6) is 0 Å². The fraction of sp³-hybridized carbons (Fsp3) is 0.0556. The van der Waals surface area contributed by atoms with Gasteiger partial charge in [-0.3, -0.25) is 9.59 Å². The number of nitrogens with one attached hydrogen (secondary N) is 1. The second-order valence-electron chi connectivity index (χ2n) is 4.99. The van der Waals surface area contributed by atoms with Gasteiger partial charge in [-0.2, -0.15) is 9.78 Å². The van der Waals surface area contributed by atoms with Crippen molar-refractivity contribution >= 4 is 23.4 Å². The van der Waals surface area contributed by atoms with Crippen LogP contribution in [-0.4, -0.2) is 21.9 Å². The highest BCUT2D eigenvalue weighted by molar-refractivity contribution is 7.98. The molecule has 1 amide bonds. The number of aromatic nitrogens is 2. The third kappa shape index (κ3) is 3.55. The smallest absolute Gasteiger partial charge is 0.276 e. The summed E-state index contributed by atoms with van der Waals surface area (Å²) in [6.07, 6.45) is 1.99. The zero-order valence-corrected chi connectivity index (χ0v) is 13.8. The lowest BCUT2D eigenvalue weighted by molar-refractivity contribution is 0.102. The van der Waals surface area contributed by atoms with E-state index in [0.29, 0.717) is 11.4 Å². The first-order valence-electron chi connectivity index (χ1n) is 7.28. The second-order valence-corrected chi connectivity index (χ2v) is 5.87. The lowest BCUT2D eigenvalue weighted by Gasteiger charge is -2.08. The fourth-order valence-electron chi connectivity index (χ4n) is 2.16. The van der Waals surface area contributed by atoms with E-state index in [-0.39, 0.29) is 17.2 Å². The second kappa shape index (κ2) is 7.14. The van der Waals surface area contributed by atoms with Gasteiger partial charge in [0.15, 0.2) is 0 Å². The van der Waals surface area contributed by atoms with E-state index in [2.05, 4.69) is 10.4 Å². The van der Waals surface area contributed by atoms with Crippen LogP contribution in [0.25, 0.3) is 5.69 Å². The molecule has 0 bridgehead atoms. The number of carbonyl (C=O) groups is 1. The molecule has 2 aromatic carbocycles. The van der Waals surface area contributed by atoms with Gasteiger partial charge < -0.3 is 5.32 Å². The summed E-state index contributed by atoms with van der Waals surface area (Å²) in [6.45, 7) is 0. The van der Waals surface area contributed by atoms with Crippen LogP contribution >= 0.6 is 11.8 Å². The molecule has 0 radical (unpaired) electrons. The van der Waals surface area contributed by atoms with Crippen molar-refractivity contribution in [3.05, 3.63) is 82.8 Å². The summed E-state index contributed by atoms with van der Waals surface area (Å²) in [5, 5.41) is 6.94. The average molecular weight is 337 g/mol. The molecule has 3 aromatic rings. The highest BCUT2D eigenvalue weighted by Crippen LogP contribution is 2.17. The standard InChI is InChI=1S/C18H15N3O2S/c1-24-15-9-7-13(8-10-15)19-18(23)16-11-12-17(22)21(20-16)14-5-3-2-4-6-14/h2-12H,1H3,(H,19,23). The minimum absolute atomic E-state index is 0.174. The van der Waals surface area contributed by atoms with E-state index in [4.69, 9.17) is 0 Å². The Morgan fingerprint density at radius 3 is 2.38 bits per heavy atom. The maximum atomic E-state index is 12.4. The van der Waals surface area contributed by atoms with Crippen molar-refractivity contribution in [2.24, 2.45) is 0 Å². The van der Waals surface area contributed by atoms with Gasteiger partial charge in [-0.1, -0.05) is 18.2 Å². The third-order valence-electron chi connectivity index (χ3n) is 3.38. The van der Waals surface area contributed by atoms with Crippen molar-refractivity contribution in [3.63, 3.8) is 0 Å². The molecule has 120 valence electrons. The molecule has 24 heavy (non-hydrogen) atoms. The Hall–Kier alpha value is -2.86. The van der Waals surface area contributed by atoms with Gasteiger partial charge in [-0.15, -0.1) is 11.8 Å². The summed E-state index contributed by atoms with van der Waals surface area (Å²) in [5.41, 5.74) is 1.17. The SMILES string of the molecule is CSc1ccc(NC(=O)c2ccc(=O)n(-c3ccccc3)n2)cc1. The zero-order chi connectivity index (χ0) is 16.9. The maximum Gasteiger partial charge on any atom is 0.276 e. The number of para-hydroxylation sites is 1. The van der Waals surface area contributed by atoms with E-state index in [0.717, 1.165) is 4.90 Å². The summed E-state index contributed by atoms with van der Waals surface area (Å²) in [6, 6.07) is 19.3. The summed E-state index contributed by atoms with van der Waals surface area (Å²) in [7, 11) is 0. The lowest BCUT2D eigenvalue weighted by atomic mass is 10.3. The third-order valence-corrected chi connectivity index (χ3v) is 4.13. The van der Waals surface area contributed by atoms with Crippen molar-refractivity contribution in [2.45, 2.75) is 4.90 Å². The predicted molar refractivity (Wildman–Crippen MR) is 96.0 cm³/mol. The molecule has 0 aliphatic carbocycles. The van der Waals surface area contributed by atoms with E-state index in [1.165, 1.54) is 16.8 Å². The van der Waals surface area contributed by atoms with Gasteiger partial charge in [0.05, 0.1) is 5.69 Å². The molecule has 1 N–H and O–H groups in total. The van der Waals surface area contributed by atoms with Crippen LogP contribution in [0.3, 0.4) is 0 Å². The van der Waals surface area contributed by atoms with Crippen LogP contribution in [-0.2, 0) is 0 Å². The van der Waals surface area contributed by atoms with Gasteiger partial charge in [0, 0.05) is 16.6 Å². The summed E-state index contributed by atoms with van der Waals surface area (Å²) < 4.78 is 1.21. The molecule has 6 heteroatoms. The molecule has 0 spiro atoms. The number of thioether (sulfide) groups is 1. The topological polar surface area (TPSA) is 64.0 Å². The van der Waals surface area contributed by atoms with E-state index < -0.39 is 0 Å². The van der Waals surface area contributed by atoms with Crippen LogP contribution < -0.4 is 10.9 Å². The molecule has 0 fully saturated rings. The molecule has 0 aliphatic rings. The lowest BCUT2D eigenvalue weighted by Crippen LogP contribution is -2.24. The van der Waals surface area contributed by atoms with Crippen molar-refractivity contribution in [1.29, 1.82) is 0 Å². The molecule has 3 rings (SSSR count). The largest absolute Gasteiger partial charge is 0.321 e. The van der Waals surface area contributed by atoms with E-state index in [9.17, 15) is 9.59 Å². The number of hydrogen-bond acceptors (Lipinski definition) is 4. The molecule has 1 heterocycles. The Morgan fingerprint density at radius 1 is 1.00 bits per heavy atom. The number of rotatable bonds is 4. The van der Waals surface area contributed by atoms with E-state index in [1.54, 1.807) is 23.9 Å². The van der Waals surface area contributed by atoms with Gasteiger partial charge in [-0.05, 0) is 48.7 Å². The Kier molecular flexibility index (Phi) is 4.77. The first-order valence-corrected chi connectivity index (χ1v) is 8.51. The van der Waals surface area contributed by atoms with Crippen LogP contribution in [0.15, 0.2) is 76.4 Å². The molecule has 5 nitrogen and oxygen atoms in total. The number of nitrogens with zero attached hydrogens (tertiary/aromatic N) is 2. The highest BCUT2D eigenvalue weighted by Gasteiger charge is 2.11. The Morgan fingerprint density at radius 2 is 1.71 bits per heavy atom. The molecular formula is C18H15N3O2S. The molecule has 1 aromatic heterocycles. The van der Waals surface area contributed by atoms with Gasteiger partial charge in [0.25, 0.3) is 11.5 Å². The number of amides is 1. The van der Waals surface area contributed by atoms with Crippen LogP contribution in [0.1, 0.15) is 10.5 Å². The Labute approximate surface area is 143 Å². The molecule has 0 saturated heterocycles. The molecule has 0 atom stereocenters. The van der Waals surface area contributed by atoms with Crippen molar-refractivity contribution in [1.82, 2.24) is 9.78 Å². The molecular weight excluding hydrogens is 322 g/mol. The first-order chi connectivity index (χ1) is 11.7. The Balaban J connectivity index is 1.86. The van der Waals surface area contributed by atoms with Crippen LogP contribution in [0.2, 0.25) is 0 Å². The minimum Gasteiger partial charge on any atom is -0.321 e. The van der Waals surface area contributed by atoms with Gasteiger partial charge in [-0.25, -0.2) is 0 Å². The van der Waals surface area contributed by atoms with E-state index >= 15 is 0 Å². The van der Waals surface area contributed by atoms with Crippen LogP contribution in [0, 0.1) is 0 Å². The van der Waals surface area contributed by atoms with Gasteiger partial charge >= 0.3 is 0 Å². The van der Waals surface area contributed by atoms with Crippen LogP contribution in [0.4, 0.5) is 5.69 Å². The minimum atomic E-state index is -0.364. The average Bonchev–Trinajstić information content (AvgIpc) is 2.63. The first kappa shape index (κ1) is 16.0. The Bertz CT molecular complexity index is 906. The summed E-state index contributed by atoms with van der Waals surface area (Å²) >= 11 is 1.63. The normalized spacial score (nSPS) is 10.4. The van der Waals surface area contributed by atoms with Gasteiger partial charge in [0.1, 0.15) is 5.69 Å². The number of benzene rings is 2. The zero-order valence-electron chi connectivity index (χ0n) is 13.0. The molecule has 0 saturated carbocycles. The van der Waals surface area contributed by atoms with Crippen molar-refractivity contribution in [3.8, 4) is 5.69 Å². The van der Waals surface area contributed by atoms with Crippen molar-refractivity contribution in [2.75, 3.05) is 11.6 Å². The highest BCUT2D eigenvalue weighted by atomic mass is 32.2. The van der Waals surface area contributed by atoms with Gasteiger partial charge in [0.2, 0.25) is 0 Å². The summed E-state index contributed by atoms with van der Waals surface area (Å²) in [5.74, 6) is -0.364. The molecule has 0 aliphatic heterocycles. The summed E-state index contributed by atoms with van der Waals surface area (Å²) in [4.78, 5) is 25.5. The predicted octanol–water partition coefficient (Wildman–Crippen LogP) is 3.21. The number of hydrogen-bond donors (Lipinski definition) is 1. The quantitative estimate of drug-likeness (QED) is 0.743. The van der Waals surface area contributed by atoms with Crippen molar-refractivity contribution < 1.29 is 4.79 Å². The van der Waals surface area contributed by atoms with E-state index in [1.807, 2.05) is 48.7 Å². The number of carbonyl (C=O) groups excluding carboxylic acids is 1. The number of anilines is 1. The monoisotopic (exact) mass is 337 g/mol. The fourth-order valence-corrected chi connectivity index (χ4v) is 2.56. The molecule has 0 unspecified atom stereocenters. The maximum absolute atomic E-state index is 12.4.